The van der Waals surface area contributed by atoms with Crippen LogP contribution in [0.25, 0.3) is 22.3 Å². The average Bonchev–Trinajstić information content (AvgIpc) is 3.44. The molecule has 186 valence electrons. The van der Waals surface area contributed by atoms with Gasteiger partial charge in [0.15, 0.2) is 0 Å². The summed E-state index contributed by atoms with van der Waals surface area (Å²) in [5.41, 5.74) is 10.3. The number of aliphatic hydroxyl groups is 2. The third-order valence-corrected chi connectivity index (χ3v) is 8.87. The zero-order chi connectivity index (χ0) is 25.2. The first-order valence-electron chi connectivity index (χ1n) is 12.9. The van der Waals surface area contributed by atoms with Crippen LogP contribution in [0.1, 0.15) is 34.1 Å². The predicted octanol–water partition coefficient (Wildman–Crippen LogP) is 5.89. The molecule has 37 heavy (non-hydrogen) atoms. The fraction of sp³-hybridized carbons (Fsp3) is 0.250. The molecule has 0 amide bonds. The van der Waals surface area contributed by atoms with Crippen molar-refractivity contribution in [3.8, 4) is 33.8 Å². The van der Waals surface area contributed by atoms with E-state index >= 15 is 0 Å². The van der Waals surface area contributed by atoms with E-state index in [0.29, 0.717) is 13.2 Å². The van der Waals surface area contributed by atoms with Crippen LogP contribution in [0.15, 0.2) is 84.9 Å². The minimum Gasteiger partial charge on any atom is -0.491 e. The fourth-order valence-corrected chi connectivity index (χ4v) is 7.63. The van der Waals surface area contributed by atoms with Crippen LogP contribution in [0.4, 0.5) is 0 Å². The molecule has 0 spiro atoms. The third-order valence-electron chi connectivity index (χ3n) is 7.48. The van der Waals surface area contributed by atoms with Crippen LogP contribution in [-0.4, -0.2) is 46.2 Å². The number of hydrogen-bond acceptors (Lipinski definition) is 4. The minimum absolute atomic E-state index is 0.00418. The van der Waals surface area contributed by atoms with Crippen molar-refractivity contribution in [2.24, 2.45) is 0 Å². The third kappa shape index (κ3) is 4.27. The molecule has 0 bridgehead atoms. The maximum Gasteiger partial charge on any atom is 0.123 e. The maximum atomic E-state index is 9.37. The Balaban J connectivity index is 1.30. The lowest BCUT2D eigenvalue weighted by molar-refractivity contribution is 0.200. The molecule has 0 fully saturated rings. The van der Waals surface area contributed by atoms with E-state index in [9.17, 15) is 10.2 Å². The lowest BCUT2D eigenvalue weighted by atomic mass is 9.98. The number of ether oxygens (including phenoxy) is 2. The first-order valence-corrected chi connectivity index (χ1v) is 14.4. The van der Waals surface area contributed by atoms with Gasteiger partial charge in [-0.3, -0.25) is 0 Å². The Labute approximate surface area is 220 Å². The van der Waals surface area contributed by atoms with Crippen molar-refractivity contribution in [3.05, 3.63) is 107 Å². The van der Waals surface area contributed by atoms with Crippen molar-refractivity contribution < 1.29 is 19.7 Å². The van der Waals surface area contributed by atoms with Gasteiger partial charge in [0.25, 0.3) is 0 Å². The van der Waals surface area contributed by atoms with Gasteiger partial charge in [-0.25, -0.2) is 0 Å². The molecule has 0 aromatic heterocycles. The second-order valence-electron chi connectivity index (χ2n) is 9.52. The van der Waals surface area contributed by atoms with Crippen molar-refractivity contribution >= 4 is 9.52 Å². The zero-order valence-corrected chi connectivity index (χ0v) is 21.7. The van der Waals surface area contributed by atoms with Crippen molar-refractivity contribution in [1.82, 2.24) is 0 Å². The quantitative estimate of drug-likeness (QED) is 0.263. The Morgan fingerprint density at radius 1 is 0.541 bits per heavy atom. The Morgan fingerprint density at radius 3 is 1.43 bits per heavy atom. The molecule has 2 aliphatic rings. The van der Waals surface area contributed by atoms with E-state index in [1.54, 1.807) is 0 Å². The molecule has 0 saturated carbocycles. The van der Waals surface area contributed by atoms with Gasteiger partial charge in [-0.15, -0.1) is 0 Å². The van der Waals surface area contributed by atoms with E-state index in [4.69, 9.17) is 9.47 Å². The van der Waals surface area contributed by atoms with Gasteiger partial charge in [0.05, 0.1) is 13.2 Å². The summed E-state index contributed by atoms with van der Waals surface area (Å²) in [4.78, 5) is 0. The summed E-state index contributed by atoms with van der Waals surface area (Å²) < 4.78 is 12.0. The van der Waals surface area contributed by atoms with Crippen LogP contribution >= 0.6 is 0 Å². The highest BCUT2D eigenvalue weighted by Crippen LogP contribution is 2.53. The average molecular weight is 507 g/mol. The molecule has 5 heteroatoms. The van der Waals surface area contributed by atoms with E-state index < -0.39 is 0 Å². The molecule has 0 aliphatic heterocycles. The number of aliphatic hydroxyl groups excluding tert-OH is 2. The van der Waals surface area contributed by atoms with Gasteiger partial charge in [0.1, 0.15) is 24.7 Å². The molecule has 2 atom stereocenters. The molecule has 4 nitrogen and oxygen atoms in total. The summed E-state index contributed by atoms with van der Waals surface area (Å²) in [7, 11) is 0.736. The lowest BCUT2D eigenvalue weighted by Gasteiger charge is -2.20. The molecular weight excluding hydrogens is 476 g/mol. The van der Waals surface area contributed by atoms with Gasteiger partial charge in [-0.2, -0.15) is 0 Å². The SMILES string of the molecule is OCCOc1cccc2c1C(C[Si]CC1c3ccccc3-c3cccc(OCCO)c31)c1ccccc1-2. The zero-order valence-electron chi connectivity index (χ0n) is 20.7. The Kier molecular flexibility index (Phi) is 6.83. The molecule has 0 heterocycles. The van der Waals surface area contributed by atoms with Crippen molar-refractivity contribution in [2.45, 2.75) is 23.9 Å². The fourth-order valence-electron chi connectivity index (χ4n) is 6.04. The highest BCUT2D eigenvalue weighted by atomic mass is 28.2. The van der Waals surface area contributed by atoms with Crippen LogP contribution < -0.4 is 9.47 Å². The van der Waals surface area contributed by atoms with Gasteiger partial charge in [0.2, 0.25) is 0 Å². The molecular formula is C32H30O4Si. The van der Waals surface area contributed by atoms with E-state index in [1.807, 2.05) is 24.3 Å². The van der Waals surface area contributed by atoms with Gasteiger partial charge < -0.3 is 19.7 Å². The van der Waals surface area contributed by atoms with Crippen LogP contribution in [0.2, 0.25) is 12.1 Å². The summed E-state index contributed by atoms with van der Waals surface area (Å²) >= 11 is 0. The van der Waals surface area contributed by atoms with E-state index in [2.05, 4.69) is 60.7 Å². The summed E-state index contributed by atoms with van der Waals surface area (Å²) in [5, 5.41) is 18.7. The van der Waals surface area contributed by atoms with Crippen molar-refractivity contribution in [1.29, 1.82) is 0 Å². The Bertz CT molecular complexity index is 1310. The number of fused-ring (bicyclic) bond motifs is 6. The van der Waals surface area contributed by atoms with E-state index in [-0.39, 0.29) is 25.0 Å². The molecule has 4 aromatic rings. The van der Waals surface area contributed by atoms with E-state index in [0.717, 1.165) is 33.1 Å². The van der Waals surface area contributed by atoms with Crippen LogP contribution in [0, 0.1) is 0 Å². The number of benzene rings is 4. The van der Waals surface area contributed by atoms with Crippen molar-refractivity contribution in [2.75, 3.05) is 26.4 Å². The molecule has 4 aromatic carbocycles. The van der Waals surface area contributed by atoms with Crippen LogP contribution in [-0.2, 0) is 0 Å². The Morgan fingerprint density at radius 2 is 0.973 bits per heavy atom. The second kappa shape index (κ2) is 10.5. The molecule has 0 saturated heterocycles. The Hall–Kier alpha value is -3.38. The topological polar surface area (TPSA) is 58.9 Å². The highest BCUT2D eigenvalue weighted by molar-refractivity contribution is 6.36. The molecule has 2 unspecified atom stereocenters. The normalized spacial score (nSPS) is 16.6. The number of hydrogen-bond donors (Lipinski definition) is 2. The largest absolute Gasteiger partial charge is 0.491 e. The van der Waals surface area contributed by atoms with Gasteiger partial charge >= 0.3 is 0 Å². The van der Waals surface area contributed by atoms with Gasteiger partial charge in [0, 0.05) is 32.5 Å². The van der Waals surface area contributed by atoms with Gasteiger partial charge in [-0.1, -0.05) is 72.8 Å². The maximum absolute atomic E-state index is 9.37. The molecule has 6 rings (SSSR count). The van der Waals surface area contributed by atoms with E-state index in [1.165, 1.54) is 44.5 Å². The second-order valence-corrected chi connectivity index (χ2v) is 10.8. The lowest BCUT2D eigenvalue weighted by Crippen LogP contribution is -2.10. The predicted molar refractivity (Wildman–Crippen MR) is 148 cm³/mol. The molecule has 2 radical (unpaired) electrons. The minimum atomic E-state index is 0.00418. The summed E-state index contributed by atoms with van der Waals surface area (Å²) in [5.74, 6) is 2.32. The van der Waals surface area contributed by atoms with Crippen molar-refractivity contribution in [3.63, 3.8) is 0 Å². The van der Waals surface area contributed by atoms with Gasteiger partial charge in [-0.05, 0) is 57.6 Å². The van der Waals surface area contributed by atoms with Crippen LogP contribution in [0.3, 0.4) is 0 Å². The van der Waals surface area contributed by atoms with Crippen LogP contribution in [0.5, 0.6) is 11.5 Å². The molecule has 2 N–H and O–H groups in total. The standard InChI is InChI=1S/C32H30O4Si/c33-15-17-35-29-13-5-11-25-21-7-1-3-9-23(21)27(31(25)29)19-37-20-28-24-10-4-2-8-22(24)26-12-6-14-30(32(26)28)36-18-16-34/h1-14,27-28,33-34H,15-20H2. The summed E-state index contributed by atoms with van der Waals surface area (Å²) in [6.07, 6.45) is 0. The number of rotatable bonds is 10. The molecule has 2 aliphatic carbocycles. The summed E-state index contributed by atoms with van der Waals surface area (Å²) in [6.45, 7) is 0.608. The first kappa shape index (κ1) is 24.0. The monoisotopic (exact) mass is 506 g/mol. The smallest absolute Gasteiger partial charge is 0.123 e. The highest BCUT2D eigenvalue weighted by Gasteiger charge is 2.34. The summed E-state index contributed by atoms with van der Waals surface area (Å²) in [6, 6.07) is 32.0. The first-order chi connectivity index (χ1) is 18.3.